The lowest BCUT2D eigenvalue weighted by atomic mass is 10.0. The highest BCUT2D eigenvalue weighted by molar-refractivity contribution is 5.86. The van der Waals surface area contributed by atoms with Crippen LogP contribution in [-0.4, -0.2) is 39.4 Å². The van der Waals surface area contributed by atoms with Gasteiger partial charge in [0.2, 0.25) is 0 Å². The number of hydrazine groups is 1. The van der Waals surface area contributed by atoms with Crippen molar-refractivity contribution in [2.45, 2.75) is 38.3 Å². The second-order valence-electron chi connectivity index (χ2n) is 7.28. The van der Waals surface area contributed by atoms with Crippen LogP contribution in [0.5, 0.6) is 0 Å². The first-order valence-corrected chi connectivity index (χ1v) is 9.61. The Morgan fingerprint density at radius 1 is 1.19 bits per heavy atom. The molecule has 3 aromatic rings. The summed E-state index contributed by atoms with van der Waals surface area (Å²) in [5.74, 6) is 1.84. The highest BCUT2D eigenvalue weighted by Gasteiger charge is 2.26. The number of likely N-dealkylation sites (N-methyl/N-ethyl adjacent to an activating group) is 1. The lowest BCUT2D eigenvalue weighted by Crippen LogP contribution is -2.39. The first-order chi connectivity index (χ1) is 13.2. The Bertz CT molecular complexity index is 905. The molecule has 27 heavy (non-hydrogen) atoms. The smallest absolute Gasteiger partial charge is 0.163 e. The van der Waals surface area contributed by atoms with E-state index in [4.69, 9.17) is 4.98 Å². The van der Waals surface area contributed by atoms with Gasteiger partial charge in [-0.1, -0.05) is 37.3 Å². The highest BCUT2D eigenvalue weighted by Crippen LogP contribution is 2.26. The summed E-state index contributed by atoms with van der Waals surface area (Å²) in [5, 5.41) is 5.39. The summed E-state index contributed by atoms with van der Waals surface area (Å²) in [6.45, 7) is 3.01. The number of hydrogen-bond donors (Lipinski definition) is 2. The average molecular weight is 365 g/mol. The number of aromatic nitrogens is 4. The predicted octanol–water partition coefficient (Wildman–Crippen LogP) is 2.36. The quantitative estimate of drug-likeness (QED) is 0.699. The molecule has 2 aromatic heterocycles. The molecule has 2 atom stereocenters. The SMILES string of the molecule is CCCc1nc(N(C)CC2CC(c3ccccc3)NN2)c2cnn(C)c2n1. The summed E-state index contributed by atoms with van der Waals surface area (Å²) >= 11 is 0. The molecule has 0 bridgehead atoms. The molecule has 1 aromatic carbocycles. The zero-order chi connectivity index (χ0) is 18.8. The maximum Gasteiger partial charge on any atom is 0.163 e. The normalized spacial score (nSPS) is 19.7. The molecule has 1 aliphatic rings. The van der Waals surface area contributed by atoms with Gasteiger partial charge in [0.25, 0.3) is 0 Å². The molecular formula is C20H27N7. The van der Waals surface area contributed by atoms with Crippen LogP contribution >= 0.6 is 0 Å². The van der Waals surface area contributed by atoms with E-state index in [2.05, 4.69) is 70.1 Å². The van der Waals surface area contributed by atoms with Crippen LogP contribution in [-0.2, 0) is 13.5 Å². The summed E-state index contributed by atoms with van der Waals surface area (Å²) in [7, 11) is 4.03. The minimum atomic E-state index is 0.337. The van der Waals surface area contributed by atoms with E-state index < -0.39 is 0 Å². The maximum absolute atomic E-state index is 4.84. The van der Waals surface area contributed by atoms with Gasteiger partial charge in [0.15, 0.2) is 5.65 Å². The van der Waals surface area contributed by atoms with Crippen molar-refractivity contribution >= 4 is 16.9 Å². The topological polar surface area (TPSA) is 70.9 Å². The van der Waals surface area contributed by atoms with E-state index in [0.29, 0.717) is 12.1 Å². The van der Waals surface area contributed by atoms with Crippen molar-refractivity contribution in [3.63, 3.8) is 0 Å². The summed E-state index contributed by atoms with van der Waals surface area (Å²) in [5.41, 5.74) is 9.08. The fourth-order valence-corrected chi connectivity index (χ4v) is 3.74. The van der Waals surface area contributed by atoms with Crippen LogP contribution in [0.3, 0.4) is 0 Å². The Kier molecular flexibility index (Phi) is 5.05. The standard InChI is InChI=1S/C20H27N7/c1-4-8-18-22-19(16-12-21-27(3)20(16)23-18)26(2)13-15-11-17(25-24-15)14-9-6-5-7-10-14/h5-7,9-10,12,15,17,24-25H,4,8,11,13H2,1-3H3. The molecule has 0 amide bonds. The molecule has 0 saturated carbocycles. The van der Waals surface area contributed by atoms with Crippen LogP contribution in [0.25, 0.3) is 11.0 Å². The first kappa shape index (κ1) is 17.9. The van der Waals surface area contributed by atoms with Gasteiger partial charge in [0.1, 0.15) is 11.6 Å². The number of nitrogens with one attached hydrogen (secondary N) is 2. The van der Waals surface area contributed by atoms with Crippen LogP contribution in [0.2, 0.25) is 0 Å². The molecular weight excluding hydrogens is 338 g/mol. The van der Waals surface area contributed by atoms with E-state index in [0.717, 1.165) is 48.5 Å². The number of aryl methyl sites for hydroxylation is 2. The van der Waals surface area contributed by atoms with Crippen LogP contribution in [0.15, 0.2) is 36.5 Å². The van der Waals surface area contributed by atoms with Crippen LogP contribution in [0.1, 0.15) is 37.2 Å². The molecule has 1 fully saturated rings. The van der Waals surface area contributed by atoms with E-state index in [1.807, 2.05) is 17.9 Å². The molecule has 0 spiro atoms. The fourth-order valence-electron chi connectivity index (χ4n) is 3.74. The van der Waals surface area contributed by atoms with Crippen molar-refractivity contribution in [2.24, 2.45) is 7.05 Å². The molecule has 1 aliphatic heterocycles. The van der Waals surface area contributed by atoms with Crippen LogP contribution in [0.4, 0.5) is 5.82 Å². The molecule has 2 N–H and O–H groups in total. The van der Waals surface area contributed by atoms with Gasteiger partial charge >= 0.3 is 0 Å². The van der Waals surface area contributed by atoms with E-state index in [9.17, 15) is 0 Å². The van der Waals surface area contributed by atoms with Gasteiger partial charge in [-0.3, -0.25) is 10.1 Å². The zero-order valence-corrected chi connectivity index (χ0v) is 16.2. The van der Waals surface area contributed by atoms with Gasteiger partial charge in [-0.05, 0) is 18.4 Å². The highest BCUT2D eigenvalue weighted by atomic mass is 15.4. The van der Waals surface area contributed by atoms with Gasteiger partial charge in [-0.15, -0.1) is 0 Å². The fraction of sp³-hybridized carbons (Fsp3) is 0.450. The van der Waals surface area contributed by atoms with Crippen molar-refractivity contribution < 1.29 is 0 Å². The van der Waals surface area contributed by atoms with Crippen molar-refractivity contribution in [3.8, 4) is 0 Å². The largest absolute Gasteiger partial charge is 0.357 e. The molecule has 2 unspecified atom stereocenters. The van der Waals surface area contributed by atoms with Crippen molar-refractivity contribution in [1.29, 1.82) is 0 Å². The molecule has 0 aliphatic carbocycles. The Labute approximate surface area is 159 Å². The van der Waals surface area contributed by atoms with Crippen LogP contribution < -0.4 is 15.8 Å². The van der Waals surface area contributed by atoms with Crippen molar-refractivity contribution in [3.05, 3.63) is 47.9 Å². The average Bonchev–Trinajstić information content (AvgIpc) is 3.29. The summed E-state index contributed by atoms with van der Waals surface area (Å²) < 4.78 is 1.83. The zero-order valence-electron chi connectivity index (χ0n) is 16.2. The second kappa shape index (κ2) is 7.62. The van der Waals surface area contributed by atoms with E-state index in [1.54, 1.807) is 0 Å². The number of fused-ring (bicyclic) bond motifs is 1. The molecule has 7 nitrogen and oxygen atoms in total. The minimum absolute atomic E-state index is 0.337. The van der Waals surface area contributed by atoms with Gasteiger partial charge < -0.3 is 4.90 Å². The monoisotopic (exact) mass is 365 g/mol. The van der Waals surface area contributed by atoms with Crippen LogP contribution in [0, 0.1) is 0 Å². The summed E-state index contributed by atoms with van der Waals surface area (Å²) in [6.07, 6.45) is 4.81. The Morgan fingerprint density at radius 3 is 2.78 bits per heavy atom. The van der Waals surface area contributed by atoms with E-state index in [-0.39, 0.29) is 0 Å². The third kappa shape index (κ3) is 3.65. The second-order valence-corrected chi connectivity index (χ2v) is 7.28. The number of nitrogens with zero attached hydrogens (tertiary/aromatic N) is 5. The first-order valence-electron chi connectivity index (χ1n) is 9.61. The van der Waals surface area contributed by atoms with Crippen molar-refractivity contribution in [1.82, 2.24) is 30.6 Å². The van der Waals surface area contributed by atoms with E-state index >= 15 is 0 Å². The summed E-state index contributed by atoms with van der Waals surface area (Å²) in [4.78, 5) is 11.7. The van der Waals surface area contributed by atoms with Gasteiger partial charge in [0, 0.05) is 39.1 Å². The maximum atomic E-state index is 4.84. The Morgan fingerprint density at radius 2 is 2.00 bits per heavy atom. The number of hydrogen-bond acceptors (Lipinski definition) is 6. The molecule has 7 heteroatoms. The lowest BCUT2D eigenvalue weighted by molar-refractivity contribution is 0.539. The molecule has 3 heterocycles. The Hall–Kier alpha value is -2.51. The number of benzene rings is 1. The van der Waals surface area contributed by atoms with Gasteiger partial charge in [-0.2, -0.15) is 5.10 Å². The number of anilines is 1. The lowest BCUT2D eigenvalue weighted by Gasteiger charge is -2.23. The molecule has 4 rings (SSSR count). The van der Waals surface area contributed by atoms with Gasteiger partial charge in [0.05, 0.1) is 11.6 Å². The predicted molar refractivity (Wildman–Crippen MR) is 107 cm³/mol. The van der Waals surface area contributed by atoms with E-state index in [1.165, 1.54) is 5.56 Å². The van der Waals surface area contributed by atoms with Crippen molar-refractivity contribution in [2.75, 3.05) is 18.5 Å². The molecule has 142 valence electrons. The van der Waals surface area contributed by atoms with Gasteiger partial charge in [-0.25, -0.2) is 15.4 Å². The molecule has 0 radical (unpaired) electrons. The third-order valence-corrected chi connectivity index (χ3v) is 5.13. The summed E-state index contributed by atoms with van der Waals surface area (Å²) in [6, 6.07) is 11.3. The Balaban J connectivity index is 1.52. The molecule has 1 saturated heterocycles. The third-order valence-electron chi connectivity index (χ3n) is 5.13. The minimum Gasteiger partial charge on any atom is -0.357 e. The number of rotatable bonds is 6.